The first-order chi connectivity index (χ1) is 18.2. The van der Waals surface area contributed by atoms with E-state index in [-0.39, 0.29) is 16.3 Å². The molecule has 11 heteroatoms. The molecule has 1 heterocycles. The fourth-order valence-corrected chi connectivity index (χ4v) is 5.70. The highest BCUT2D eigenvalue weighted by atomic mass is 32.2. The van der Waals surface area contributed by atoms with E-state index in [2.05, 4.69) is 9.82 Å². The van der Waals surface area contributed by atoms with Gasteiger partial charge in [0.05, 0.1) is 21.8 Å². The largest absolute Gasteiger partial charge is 0.435 e. The number of sulfonamides is 1. The van der Waals surface area contributed by atoms with Crippen molar-refractivity contribution < 1.29 is 31.1 Å². The second-order valence-electron chi connectivity index (χ2n) is 9.83. The number of aryl methyl sites for hydroxylation is 1. The summed E-state index contributed by atoms with van der Waals surface area (Å²) in [4.78, 5) is -0.0641. The van der Waals surface area contributed by atoms with E-state index in [1.54, 1.807) is 31.2 Å². The molecule has 3 rings (SSSR count). The van der Waals surface area contributed by atoms with Gasteiger partial charge in [-0.3, -0.25) is 0 Å². The summed E-state index contributed by atoms with van der Waals surface area (Å²) in [7, 11) is -1.19. The third kappa shape index (κ3) is 7.36. The van der Waals surface area contributed by atoms with Crippen molar-refractivity contribution in [2.75, 3.05) is 14.2 Å². The Morgan fingerprint density at radius 1 is 1.05 bits per heavy atom. The van der Waals surface area contributed by atoms with Gasteiger partial charge in [0.2, 0.25) is 10.0 Å². The first kappa shape index (κ1) is 30.6. The summed E-state index contributed by atoms with van der Waals surface area (Å²) in [6.45, 7) is 7.48. The molecule has 2 aromatic carbocycles. The minimum Gasteiger partial charge on any atom is -0.354 e. The summed E-state index contributed by atoms with van der Waals surface area (Å²) in [5, 5.41) is 3.78. The molecular formula is C28H34F3N3O4S. The van der Waals surface area contributed by atoms with Crippen LogP contribution in [-0.2, 0) is 25.7 Å². The third-order valence-corrected chi connectivity index (χ3v) is 7.90. The van der Waals surface area contributed by atoms with E-state index in [9.17, 15) is 21.6 Å². The van der Waals surface area contributed by atoms with Crippen LogP contribution in [0, 0.1) is 6.92 Å². The van der Waals surface area contributed by atoms with Gasteiger partial charge < -0.3 is 9.47 Å². The second kappa shape index (κ2) is 12.0. The van der Waals surface area contributed by atoms with Crippen LogP contribution >= 0.6 is 0 Å². The average Bonchev–Trinajstić information content (AvgIpc) is 3.31. The van der Waals surface area contributed by atoms with Gasteiger partial charge in [0.25, 0.3) is 0 Å². The van der Waals surface area contributed by atoms with Crippen LogP contribution in [0.25, 0.3) is 16.9 Å². The van der Waals surface area contributed by atoms with Gasteiger partial charge in [0.1, 0.15) is 0 Å². The lowest BCUT2D eigenvalue weighted by atomic mass is 9.95. The van der Waals surface area contributed by atoms with Crippen LogP contribution in [0.15, 0.2) is 71.1 Å². The second-order valence-corrected chi connectivity index (χ2v) is 11.5. The zero-order valence-corrected chi connectivity index (χ0v) is 23.7. The summed E-state index contributed by atoms with van der Waals surface area (Å²) in [6.07, 6.45) is -2.53. The third-order valence-electron chi connectivity index (χ3n) is 6.27. The molecule has 0 fully saturated rings. The van der Waals surface area contributed by atoms with Crippen molar-refractivity contribution in [2.24, 2.45) is 0 Å². The lowest BCUT2D eigenvalue weighted by molar-refractivity contribution is -0.147. The Morgan fingerprint density at radius 3 is 2.15 bits per heavy atom. The number of rotatable bonds is 11. The predicted octanol–water partition coefficient (Wildman–Crippen LogP) is 6.27. The molecule has 0 aliphatic carbocycles. The van der Waals surface area contributed by atoms with E-state index < -0.39 is 33.7 Å². The van der Waals surface area contributed by atoms with Gasteiger partial charge in [0.15, 0.2) is 12.0 Å². The van der Waals surface area contributed by atoms with Gasteiger partial charge in [-0.2, -0.15) is 18.3 Å². The highest BCUT2D eigenvalue weighted by Gasteiger charge is 2.39. The van der Waals surface area contributed by atoms with Gasteiger partial charge >= 0.3 is 6.18 Å². The normalized spacial score (nSPS) is 13.9. The number of benzene rings is 2. The Morgan fingerprint density at radius 2 is 1.64 bits per heavy atom. The molecule has 7 nitrogen and oxygen atoms in total. The molecule has 1 aromatic heterocycles. The molecule has 3 aromatic rings. The van der Waals surface area contributed by atoms with Crippen LogP contribution in [-0.4, -0.2) is 44.2 Å². The van der Waals surface area contributed by atoms with Crippen molar-refractivity contribution in [1.82, 2.24) is 14.5 Å². The van der Waals surface area contributed by atoms with Crippen molar-refractivity contribution >= 4 is 10.0 Å². The standard InChI is InChI=1S/C28H34F3N3O4S/c1-19(2)8-7-17-27(4,26(37-5)38-6)33-39(35,36)23-15-13-22(14-16-23)34-24(18-25(32-34)28(29,30)31)21-11-9-20(3)10-12-21/h8-16,18,26,33H,7,17H2,1-6H3. The zero-order valence-electron chi connectivity index (χ0n) is 22.8. The lowest BCUT2D eigenvalue weighted by Crippen LogP contribution is -2.55. The number of methoxy groups -OCH3 is 2. The van der Waals surface area contributed by atoms with Crippen molar-refractivity contribution in [2.45, 2.75) is 63.4 Å². The Kier molecular flexibility index (Phi) is 9.43. The van der Waals surface area contributed by atoms with Gasteiger partial charge in [-0.25, -0.2) is 17.8 Å². The number of aromatic nitrogens is 2. The number of nitrogens with zero attached hydrogens (tertiary/aromatic N) is 2. The van der Waals surface area contributed by atoms with E-state index >= 15 is 0 Å². The molecule has 0 aliphatic rings. The Balaban J connectivity index is 1.98. The maximum absolute atomic E-state index is 13.5. The number of hydrogen-bond donors (Lipinski definition) is 1. The number of ether oxygens (including phenoxy) is 2. The quantitative estimate of drug-likeness (QED) is 0.219. The molecule has 0 spiro atoms. The highest BCUT2D eigenvalue weighted by Crippen LogP contribution is 2.33. The number of halogens is 3. The molecule has 0 saturated heterocycles. The molecular weight excluding hydrogens is 531 g/mol. The first-order valence-electron chi connectivity index (χ1n) is 12.3. The van der Waals surface area contributed by atoms with Crippen LogP contribution in [0.5, 0.6) is 0 Å². The van der Waals surface area contributed by atoms with E-state index in [0.29, 0.717) is 18.4 Å². The topological polar surface area (TPSA) is 82.5 Å². The van der Waals surface area contributed by atoms with E-state index in [1.165, 1.54) is 38.5 Å². The molecule has 0 bridgehead atoms. The Bertz CT molecular complexity index is 1390. The van der Waals surface area contributed by atoms with Crippen LogP contribution in [0.3, 0.4) is 0 Å². The molecule has 0 radical (unpaired) electrons. The maximum atomic E-state index is 13.5. The van der Waals surface area contributed by atoms with Crippen LogP contribution in [0.1, 0.15) is 44.9 Å². The molecule has 0 aliphatic heterocycles. The molecule has 0 amide bonds. The van der Waals surface area contributed by atoms with Crippen LogP contribution < -0.4 is 4.72 Å². The fourth-order valence-electron chi connectivity index (χ4n) is 4.27. The summed E-state index contributed by atoms with van der Waals surface area (Å²) < 4.78 is 82.0. The summed E-state index contributed by atoms with van der Waals surface area (Å²) in [5.41, 5.74) is 0.950. The smallest absolute Gasteiger partial charge is 0.354 e. The van der Waals surface area contributed by atoms with Crippen molar-refractivity contribution in [1.29, 1.82) is 0 Å². The lowest BCUT2D eigenvalue weighted by Gasteiger charge is -2.36. The highest BCUT2D eigenvalue weighted by molar-refractivity contribution is 7.89. The SMILES string of the molecule is COC(OC)C(C)(CCC=C(C)C)NS(=O)(=O)c1ccc(-n2nc(C(F)(F)F)cc2-c2ccc(C)cc2)cc1. The monoisotopic (exact) mass is 565 g/mol. The van der Waals surface area contributed by atoms with Gasteiger partial charge in [0, 0.05) is 19.8 Å². The summed E-state index contributed by atoms with van der Waals surface area (Å²) in [6, 6.07) is 13.5. The van der Waals surface area contributed by atoms with Crippen molar-refractivity contribution in [3.8, 4) is 16.9 Å². The minimum atomic E-state index is -4.65. The van der Waals surface area contributed by atoms with Gasteiger partial charge in [-0.1, -0.05) is 41.5 Å². The number of allylic oxidation sites excluding steroid dienone is 2. The summed E-state index contributed by atoms with van der Waals surface area (Å²) in [5.74, 6) is 0. The molecule has 39 heavy (non-hydrogen) atoms. The van der Waals surface area contributed by atoms with Gasteiger partial charge in [-0.05, 0) is 70.9 Å². The van der Waals surface area contributed by atoms with Crippen molar-refractivity contribution in [3.05, 3.63) is 77.5 Å². The average molecular weight is 566 g/mol. The Hall–Kier alpha value is -2.99. The molecule has 1 unspecified atom stereocenters. The zero-order chi connectivity index (χ0) is 29.0. The number of alkyl halides is 3. The first-order valence-corrected chi connectivity index (χ1v) is 13.8. The van der Waals surface area contributed by atoms with Crippen LogP contribution in [0.4, 0.5) is 13.2 Å². The molecule has 212 valence electrons. The fraction of sp³-hybridized carbons (Fsp3) is 0.393. The van der Waals surface area contributed by atoms with E-state index in [4.69, 9.17) is 9.47 Å². The maximum Gasteiger partial charge on any atom is 0.435 e. The predicted molar refractivity (Wildman–Crippen MR) is 144 cm³/mol. The molecule has 1 atom stereocenters. The van der Waals surface area contributed by atoms with E-state index in [1.807, 2.05) is 26.8 Å². The van der Waals surface area contributed by atoms with Gasteiger partial charge in [-0.15, -0.1) is 0 Å². The van der Waals surface area contributed by atoms with Crippen LogP contribution in [0.2, 0.25) is 0 Å². The Labute approximate surface area is 227 Å². The molecule has 1 N–H and O–H groups in total. The molecule has 0 saturated carbocycles. The number of nitrogens with one attached hydrogen (secondary N) is 1. The minimum absolute atomic E-state index is 0.0641. The van der Waals surface area contributed by atoms with E-state index in [0.717, 1.165) is 21.9 Å². The number of hydrogen-bond acceptors (Lipinski definition) is 5. The van der Waals surface area contributed by atoms with Crippen molar-refractivity contribution in [3.63, 3.8) is 0 Å². The summed E-state index contributed by atoms with van der Waals surface area (Å²) >= 11 is 0.